The number of anilines is 1. The molecule has 0 radical (unpaired) electrons. The van der Waals surface area contributed by atoms with Crippen molar-refractivity contribution in [2.75, 3.05) is 24.2 Å². The Morgan fingerprint density at radius 1 is 1.08 bits per heavy atom. The summed E-state index contributed by atoms with van der Waals surface area (Å²) in [6.45, 7) is 0.0347. The lowest BCUT2D eigenvalue weighted by atomic mass is 10.3. The Labute approximate surface area is 143 Å². The van der Waals surface area contributed by atoms with Crippen LogP contribution in [-0.2, 0) is 10.0 Å². The summed E-state index contributed by atoms with van der Waals surface area (Å²) < 4.78 is 45.6. The number of ether oxygens (including phenoxy) is 2. The third-order valence-corrected chi connectivity index (χ3v) is 5.01. The number of nitrogens with zero attached hydrogens (tertiary/aromatic N) is 2. The van der Waals surface area contributed by atoms with E-state index in [1.54, 1.807) is 49.6 Å². The van der Waals surface area contributed by atoms with Crippen LogP contribution in [0.1, 0.15) is 0 Å². The zero-order chi connectivity index (χ0) is 17.0. The van der Waals surface area contributed by atoms with E-state index in [1.807, 2.05) is 0 Å². The third kappa shape index (κ3) is 3.92. The maximum absolute atomic E-state index is 12.2. The molecular weight excluding hydrogens is 350 g/mol. The molecule has 2 aromatic carbocycles. The maximum Gasteiger partial charge on any atom is 0.236 e. The first-order valence-corrected chi connectivity index (χ1v) is 9.44. The van der Waals surface area contributed by atoms with Gasteiger partial charge in [0.2, 0.25) is 10.0 Å². The second kappa shape index (κ2) is 7.02. The molecule has 0 fully saturated rings. The minimum absolute atomic E-state index is 0.0347. The van der Waals surface area contributed by atoms with E-state index < -0.39 is 10.0 Å². The quantitative estimate of drug-likeness (QED) is 0.692. The summed E-state index contributed by atoms with van der Waals surface area (Å²) in [6.07, 6.45) is 0. The number of hydrogen-bond acceptors (Lipinski definition) is 7. The van der Waals surface area contributed by atoms with Crippen LogP contribution in [0.2, 0.25) is 0 Å². The fraction of sp³-hybridized carbons (Fsp3) is 0.200. The van der Waals surface area contributed by atoms with E-state index in [0.29, 0.717) is 28.2 Å². The molecular formula is C15H15N3O4S2. The molecule has 1 N–H and O–H groups in total. The molecule has 0 amide bonds. The summed E-state index contributed by atoms with van der Waals surface area (Å²) in [5.74, 6) is 1.12. The summed E-state index contributed by atoms with van der Waals surface area (Å²) in [4.78, 5) is 0. The van der Waals surface area contributed by atoms with Crippen molar-refractivity contribution in [3.63, 3.8) is 0 Å². The maximum atomic E-state index is 12.2. The zero-order valence-corrected chi connectivity index (χ0v) is 14.4. The van der Waals surface area contributed by atoms with Crippen molar-refractivity contribution in [2.24, 2.45) is 0 Å². The number of benzene rings is 2. The third-order valence-electron chi connectivity index (χ3n) is 3.23. The number of aromatic nitrogens is 2. The largest absolute Gasteiger partial charge is 0.497 e. The Morgan fingerprint density at radius 3 is 2.58 bits per heavy atom. The Kier molecular flexibility index (Phi) is 4.81. The first-order valence-electron chi connectivity index (χ1n) is 7.06. The molecule has 9 heteroatoms. The fourth-order valence-electron chi connectivity index (χ4n) is 2.05. The lowest BCUT2D eigenvalue weighted by molar-refractivity contribution is 0.340. The molecule has 0 unspecified atom stereocenters. The fourth-order valence-corrected chi connectivity index (χ4v) is 3.50. The van der Waals surface area contributed by atoms with Gasteiger partial charge >= 0.3 is 0 Å². The van der Waals surface area contributed by atoms with Gasteiger partial charge in [-0.3, -0.25) is 4.72 Å². The predicted molar refractivity (Wildman–Crippen MR) is 93.3 cm³/mol. The highest BCUT2D eigenvalue weighted by atomic mass is 32.2. The van der Waals surface area contributed by atoms with Crippen LogP contribution in [-0.4, -0.2) is 36.6 Å². The number of nitrogens with one attached hydrogen (secondary N) is 1. The van der Waals surface area contributed by atoms with Gasteiger partial charge in [-0.05, 0) is 36.4 Å². The summed E-state index contributed by atoms with van der Waals surface area (Å²) in [7, 11) is -1.97. The van der Waals surface area contributed by atoms with Crippen LogP contribution in [0.25, 0.3) is 11.0 Å². The van der Waals surface area contributed by atoms with E-state index >= 15 is 0 Å². The van der Waals surface area contributed by atoms with Crippen molar-refractivity contribution in [2.45, 2.75) is 0 Å². The number of rotatable bonds is 7. The Balaban J connectivity index is 1.60. The second-order valence-electron chi connectivity index (χ2n) is 4.88. The van der Waals surface area contributed by atoms with Crippen molar-refractivity contribution in [1.82, 2.24) is 8.75 Å². The summed E-state index contributed by atoms with van der Waals surface area (Å²) in [5.41, 5.74) is 1.63. The molecule has 0 aliphatic heterocycles. The Morgan fingerprint density at radius 2 is 1.83 bits per heavy atom. The molecule has 0 atom stereocenters. The molecule has 3 rings (SSSR count). The van der Waals surface area contributed by atoms with Gasteiger partial charge in [-0.2, -0.15) is 8.75 Å². The van der Waals surface area contributed by atoms with Crippen LogP contribution in [0.5, 0.6) is 11.5 Å². The molecule has 24 heavy (non-hydrogen) atoms. The summed E-state index contributed by atoms with van der Waals surface area (Å²) >= 11 is 1.04. The van der Waals surface area contributed by atoms with E-state index in [2.05, 4.69) is 13.5 Å². The number of hydrogen-bond donors (Lipinski definition) is 1. The summed E-state index contributed by atoms with van der Waals surface area (Å²) in [5, 5.41) is 0. The van der Waals surface area contributed by atoms with Crippen molar-refractivity contribution in [1.29, 1.82) is 0 Å². The van der Waals surface area contributed by atoms with Gasteiger partial charge in [-0.15, -0.1) is 0 Å². The minimum atomic E-state index is -3.55. The molecule has 0 saturated heterocycles. The number of sulfonamides is 1. The van der Waals surface area contributed by atoms with E-state index in [-0.39, 0.29) is 12.4 Å². The van der Waals surface area contributed by atoms with Crippen LogP contribution in [0, 0.1) is 0 Å². The van der Waals surface area contributed by atoms with Gasteiger partial charge in [0, 0.05) is 0 Å². The monoisotopic (exact) mass is 365 g/mol. The smallest absolute Gasteiger partial charge is 0.236 e. The first-order chi connectivity index (χ1) is 11.6. The Hall–Kier alpha value is -2.39. The highest BCUT2D eigenvalue weighted by molar-refractivity contribution is 7.92. The van der Waals surface area contributed by atoms with E-state index in [4.69, 9.17) is 9.47 Å². The van der Waals surface area contributed by atoms with Crippen molar-refractivity contribution >= 4 is 38.5 Å². The van der Waals surface area contributed by atoms with Gasteiger partial charge in [0.1, 0.15) is 34.9 Å². The standard InChI is InChI=1S/C15H15N3O4S2/c1-21-11-5-7-12(8-6-11)22-9-10-24(19,20)18-14-4-2-3-13-15(14)17-23-16-13/h2-8,18H,9-10H2,1H3. The molecule has 1 aromatic heterocycles. The molecule has 0 aliphatic rings. The number of methoxy groups -OCH3 is 1. The van der Waals surface area contributed by atoms with Crippen LogP contribution < -0.4 is 14.2 Å². The molecule has 0 aliphatic carbocycles. The van der Waals surface area contributed by atoms with Crippen molar-refractivity contribution in [3.8, 4) is 11.5 Å². The van der Waals surface area contributed by atoms with Crippen LogP contribution >= 0.6 is 11.7 Å². The van der Waals surface area contributed by atoms with E-state index in [9.17, 15) is 8.42 Å². The minimum Gasteiger partial charge on any atom is -0.497 e. The van der Waals surface area contributed by atoms with Crippen LogP contribution in [0.15, 0.2) is 42.5 Å². The molecule has 0 bridgehead atoms. The first kappa shape index (κ1) is 16.5. The lowest BCUT2D eigenvalue weighted by Crippen LogP contribution is -2.21. The topological polar surface area (TPSA) is 90.4 Å². The van der Waals surface area contributed by atoms with Gasteiger partial charge in [-0.25, -0.2) is 8.42 Å². The van der Waals surface area contributed by atoms with Crippen molar-refractivity contribution in [3.05, 3.63) is 42.5 Å². The zero-order valence-electron chi connectivity index (χ0n) is 12.8. The average molecular weight is 365 g/mol. The van der Waals surface area contributed by atoms with Crippen LogP contribution in [0.4, 0.5) is 5.69 Å². The molecule has 0 saturated carbocycles. The molecule has 0 spiro atoms. The normalized spacial score (nSPS) is 11.4. The second-order valence-corrected chi connectivity index (χ2v) is 7.25. The van der Waals surface area contributed by atoms with Crippen LogP contribution in [0.3, 0.4) is 0 Å². The van der Waals surface area contributed by atoms with Crippen molar-refractivity contribution < 1.29 is 17.9 Å². The SMILES string of the molecule is COc1ccc(OCCS(=O)(=O)Nc2cccc3nsnc23)cc1. The van der Waals surface area contributed by atoms with E-state index in [1.165, 1.54) is 0 Å². The van der Waals surface area contributed by atoms with Gasteiger partial charge in [0.05, 0.1) is 24.5 Å². The average Bonchev–Trinajstić information content (AvgIpc) is 3.05. The van der Waals surface area contributed by atoms with E-state index in [0.717, 1.165) is 11.7 Å². The Bertz CT molecular complexity index is 923. The highest BCUT2D eigenvalue weighted by Gasteiger charge is 2.14. The number of fused-ring (bicyclic) bond motifs is 1. The lowest BCUT2D eigenvalue weighted by Gasteiger charge is -2.10. The predicted octanol–water partition coefficient (Wildman–Crippen LogP) is 2.52. The molecule has 3 aromatic rings. The van der Waals surface area contributed by atoms with Gasteiger partial charge < -0.3 is 9.47 Å². The van der Waals surface area contributed by atoms with Gasteiger partial charge in [-0.1, -0.05) is 6.07 Å². The van der Waals surface area contributed by atoms with Gasteiger partial charge in [0.25, 0.3) is 0 Å². The highest BCUT2D eigenvalue weighted by Crippen LogP contribution is 2.22. The molecule has 7 nitrogen and oxygen atoms in total. The summed E-state index contributed by atoms with van der Waals surface area (Å²) in [6, 6.07) is 12.1. The molecule has 1 heterocycles. The molecule has 126 valence electrons. The van der Waals surface area contributed by atoms with Gasteiger partial charge in [0.15, 0.2) is 0 Å².